The van der Waals surface area contributed by atoms with Gasteiger partial charge in [0.25, 0.3) is 0 Å². The summed E-state index contributed by atoms with van der Waals surface area (Å²) >= 11 is 0. The number of benzene rings is 1. The Hall–Kier alpha value is -1.31. The maximum atomic E-state index is 9.59. The van der Waals surface area contributed by atoms with Crippen molar-refractivity contribution in [1.82, 2.24) is 0 Å². The van der Waals surface area contributed by atoms with Gasteiger partial charge in [0.15, 0.2) is 0 Å². The molecule has 0 spiro atoms. The van der Waals surface area contributed by atoms with Gasteiger partial charge in [-0.3, -0.25) is 0 Å². The lowest BCUT2D eigenvalue weighted by Crippen LogP contribution is -2.45. The molecule has 0 aliphatic heterocycles. The summed E-state index contributed by atoms with van der Waals surface area (Å²) in [5, 5.41) is 13.3. The molecule has 1 saturated carbocycles. The zero-order valence-corrected chi connectivity index (χ0v) is 14.6. The van der Waals surface area contributed by atoms with Gasteiger partial charge in [-0.1, -0.05) is 51.8 Å². The first-order chi connectivity index (χ1) is 10.4. The van der Waals surface area contributed by atoms with Crippen LogP contribution in [0.4, 0.5) is 0 Å². The molecule has 0 radical (unpaired) electrons. The molecule has 0 amide bonds. The highest BCUT2D eigenvalue weighted by Crippen LogP contribution is 2.52. The highest BCUT2D eigenvalue weighted by atomic mass is 16.4. The molecule has 1 aromatic carbocycles. The number of nitrogens with zero attached hydrogens (tertiary/aromatic N) is 1. The largest absolute Gasteiger partial charge is 0.411 e. The minimum Gasteiger partial charge on any atom is -0.411 e. The van der Waals surface area contributed by atoms with Crippen molar-refractivity contribution in [2.75, 3.05) is 0 Å². The van der Waals surface area contributed by atoms with E-state index in [4.69, 9.17) is 0 Å². The molecule has 2 heteroatoms. The first-order valence-electron chi connectivity index (χ1n) is 8.74. The molecule has 3 atom stereocenters. The number of rotatable bonds is 1. The number of aryl methyl sites for hydroxylation is 1. The maximum absolute atomic E-state index is 9.59. The Labute approximate surface area is 134 Å². The van der Waals surface area contributed by atoms with E-state index in [0.29, 0.717) is 17.8 Å². The quantitative estimate of drug-likeness (QED) is 0.547. The van der Waals surface area contributed by atoms with Crippen LogP contribution in [0.15, 0.2) is 17.3 Å². The normalized spacial score (nSPS) is 32.9. The summed E-state index contributed by atoms with van der Waals surface area (Å²) in [6, 6.07) is 4.69. The molecule has 0 aromatic heterocycles. The van der Waals surface area contributed by atoms with Crippen LogP contribution in [0.5, 0.6) is 0 Å². The van der Waals surface area contributed by atoms with E-state index in [-0.39, 0.29) is 5.41 Å². The Kier molecular flexibility index (Phi) is 3.82. The number of hydrogen-bond donors (Lipinski definition) is 1. The van der Waals surface area contributed by atoms with E-state index in [1.807, 2.05) is 0 Å². The second kappa shape index (κ2) is 5.40. The molecule has 1 N–H and O–H groups in total. The Balaban J connectivity index is 2.22. The number of oxime groups is 1. The van der Waals surface area contributed by atoms with Crippen LogP contribution in [0.25, 0.3) is 0 Å². The third-order valence-corrected chi connectivity index (χ3v) is 6.35. The van der Waals surface area contributed by atoms with E-state index in [2.05, 4.69) is 51.9 Å². The van der Waals surface area contributed by atoms with Gasteiger partial charge in [0.1, 0.15) is 0 Å². The van der Waals surface area contributed by atoms with Crippen LogP contribution in [0.2, 0.25) is 0 Å². The van der Waals surface area contributed by atoms with E-state index < -0.39 is 0 Å². The van der Waals surface area contributed by atoms with Crippen LogP contribution in [-0.4, -0.2) is 10.9 Å². The zero-order chi connectivity index (χ0) is 16.1. The molecule has 2 aliphatic carbocycles. The standard InChI is InChI=1S/C20H29NO/c1-12(2)15-10-16-18(9-14(15)4)20(5)8-6-7-13(3)17(20)11-19(16)21-22/h9-10,12-13,17,22H,6-8,11H2,1-5H3/b21-19+. The molecule has 1 aromatic rings. The lowest BCUT2D eigenvalue weighted by molar-refractivity contribution is 0.138. The fraction of sp³-hybridized carbons (Fsp3) is 0.650. The predicted molar refractivity (Wildman–Crippen MR) is 92.1 cm³/mol. The van der Waals surface area contributed by atoms with Gasteiger partial charge >= 0.3 is 0 Å². The van der Waals surface area contributed by atoms with Gasteiger partial charge in [-0.05, 0) is 65.7 Å². The summed E-state index contributed by atoms with van der Waals surface area (Å²) < 4.78 is 0. The highest BCUT2D eigenvalue weighted by Gasteiger charge is 2.47. The van der Waals surface area contributed by atoms with Crippen molar-refractivity contribution < 1.29 is 5.21 Å². The van der Waals surface area contributed by atoms with Gasteiger partial charge in [0.05, 0.1) is 5.71 Å². The Bertz CT molecular complexity index is 616. The van der Waals surface area contributed by atoms with Gasteiger partial charge in [-0.25, -0.2) is 0 Å². The van der Waals surface area contributed by atoms with Gasteiger partial charge in [0, 0.05) is 5.56 Å². The van der Waals surface area contributed by atoms with Crippen molar-refractivity contribution in [2.24, 2.45) is 17.0 Å². The molecule has 0 saturated heterocycles. The van der Waals surface area contributed by atoms with Crippen molar-refractivity contribution in [3.8, 4) is 0 Å². The average molecular weight is 299 g/mol. The van der Waals surface area contributed by atoms with Gasteiger partial charge in [-0.2, -0.15) is 0 Å². The topological polar surface area (TPSA) is 32.6 Å². The van der Waals surface area contributed by atoms with Crippen molar-refractivity contribution in [1.29, 1.82) is 0 Å². The molecule has 0 bridgehead atoms. The molecule has 2 aliphatic rings. The van der Waals surface area contributed by atoms with Crippen LogP contribution in [0.3, 0.4) is 0 Å². The van der Waals surface area contributed by atoms with E-state index in [1.54, 1.807) is 0 Å². The van der Waals surface area contributed by atoms with Crippen molar-refractivity contribution in [3.05, 3.63) is 34.4 Å². The fourth-order valence-electron chi connectivity index (χ4n) is 5.04. The van der Waals surface area contributed by atoms with E-state index >= 15 is 0 Å². The van der Waals surface area contributed by atoms with E-state index in [0.717, 1.165) is 12.1 Å². The highest BCUT2D eigenvalue weighted by molar-refractivity contribution is 6.03. The van der Waals surface area contributed by atoms with Crippen LogP contribution in [-0.2, 0) is 5.41 Å². The Morgan fingerprint density at radius 1 is 1.32 bits per heavy atom. The number of hydrogen-bond acceptors (Lipinski definition) is 2. The lowest BCUT2D eigenvalue weighted by Gasteiger charge is -2.49. The second-order valence-corrected chi connectivity index (χ2v) is 8.05. The van der Waals surface area contributed by atoms with Crippen molar-refractivity contribution in [2.45, 2.75) is 71.6 Å². The molecule has 3 rings (SSSR count). The minimum absolute atomic E-state index is 0.238. The maximum Gasteiger partial charge on any atom is 0.0874 e. The summed E-state index contributed by atoms with van der Waals surface area (Å²) in [5.41, 5.74) is 6.52. The fourth-order valence-corrected chi connectivity index (χ4v) is 5.04. The average Bonchev–Trinajstić information content (AvgIpc) is 2.46. The first-order valence-corrected chi connectivity index (χ1v) is 8.74. The summed E-state index contributed by atoms with van der Waals surface area (Å²) in [6.45, 7) is 11.5. The van der Waals surface area contributed by atoms with Gasteiger partial charge < -0.3 is 5.21 Å². The van der Waals surface area contributed by atoms with Crippen molar-refractivity contribution in [3.63, 3.8) is 0 Å². The third-order valence-electron chi connectivity index (χ3n) is 6.35. The molecular formula is C20H29NO. The SMILES string of the molecule is Cc1cc2c(cc1C(C)C)/C(=N/O)CC1C(C)CCCC21C. The van der Waals surface area contributed by atoms with Gasteiger partial charge in [-0.15, -0.1) is 0 Å². The molecule has 1 fully saturated rings. The summed E-state index contributed by atoms with van der Waals surface area (Å²) in [6.07, 6.45) is 4.79. The monoisotopic (exact) mass is 299 g/mol. The number of fused-ring (bicyclic) bond motifs is 3. The summed E-state index contributed by atoms with van der Waals surface area (Å²) in [5.74, 6) is 1.80. The second-order valence-electron chi connectivity index (χ2n) is 8.05. The molecule has 3 unspecified atom stereocenters. The lowest BCUT2D eigenvalue weighted by atomic mass is 9.54. The van der Waals surface area contributed by atoms with Crippen LogP contribution in [0.1, 0.15) is 81.5 Å². The molecule has 0 heterocycles. The van der Waals surface area contributed by atoms with Crippen molar-refractivity contribution >= 4 is 5.71 Å². The van der Waals surface area contributed by atoms with E-state index in [1.165, 1.54) is 41.5 Å². The Morgan fingerprint density at radius 2 is 2.05 bits per heavy atom. The smallest absolute Gasteiger partial charge is 0.0874 e. The summed E-state index contributed by atoms with van der Waals surface area (Å²) in [4.78, 5) is 0. The van der Waals surface area contributed by atoms with Crippen LogP contribution < -0.4 is 0 Å². The van der Waals surface area contributed by atoms with E-state index in [9.17, 15) is 5.21 Å². The molecule has 2 nitrogen and oxygen atoms in total. The first kappa shape index (κ1) is 15.6. The molecular weight excluding hydrogens is 270 g/mol. The summed E-state index contributed by atoms with van der Waals surface area (Å²) in [7, 11) is 0. The molecule has 120 valence electrons. The van der Waals surface area contributed by atoms with Crippen LogP contribution in [0, 0.1) is 18.8 Å². The predicted octanol–water partition coefficient (Wildman–Crippen LogP) is 5.39. The van der Waals surface area contributed by atoms with Gasteiger partial charge in [0.2, 0.25) is 0 Å². The Morgan fingerprint density at radius 3 is 2.68 bits per heavy atom. The third kappa shape index (κ3) is 2.19. The molecule has 22 heavy (non-hydrogen) atoms. The van der Waals surface area contributed by atoms with Crippen LogP contribution >= 0.6 is 0 Å². The minimum atomic E-state index is 0.238. The zero-order valence-electron chi connectivity index (χ0n) is 14.6.